The van der Waals surface area contributed by atoms with Crippen LogP contribution in [0.25, 0.3) is 0 Å². The van der Waals surface area contributed by atoms with Crippen LogP contribution in [0, 0.1) is 13.8 Å². The van der Waals surface area contributed by atoms with Crippen molar-refractivity contribution >= 4 is 33.6 Å². The van der Waals surface area contributed by atoms with Gasteiger partial charge in [0.2, 0.25) is 0 Å². The molecule has 1 saturated heterocycles. The third kappa shape index (κ3) is 4.95. The van der Waals surface area contributed by atoms with Gasteiger partial charge in [0, 0.05) is 44.0 Å². The van der Waals surface area contributed by atoms with Gasteiger partial charge in [-0.25, -0.2) is 4.98 Å². The summed E-state index contributed by atoms with van der Waals surface area (Å²) in [5.74, 6) is 0.911. The van der Waals surface area contributed by atoms with E-state index in [0.717, 1.165) is 55.6 Å². The lowest BCUT2D eigenvalue weighted by Crippen LogP contribution is -2.49. The molecule has 3 heterocycles. The molecule has 0 atom stereocenters. The quantitative estimate of drug-likeness (QED) is 0.621. The molecule has 0 aliphatic carbocycles. The average molecular weight is 378 g/mol. The zero-order valence-electron chi connectivity index (χ0n) is 15.2. The molecule has 3 rings (SSSR count). The molecule has 0 bridgehead atoms. The first-order chi connectivity index (χ1) is 12.2. The number of hydrogen-bond acceptors (Lipinski definition) is 5. The van der Waals surface area contributed by atoms with E-state index in [2.05, 4.69) is 56.9 Å². The molecule has 25 heavy (non-hydrogen) atoms. The molecule has 2 aromatic rings. The van der Waals surface area contributed by atoms with Crippen molar-refractivity contribution in [1.29, 1.82) is 0 Å². The summed E-state index contributed by atoms with van der Waals surface area (Å²) in [6.45, 7) is 7.25. The second-order valence-corrected chi connectivity index (χ2v) is 8.56. The summed E-state index contributed by atoms with van der Waals surface area (Å²) >= 11 is 3.62. The summed E-state index contributed by atoms with van der Waals surface area (Å²) in [4.78, 5) is 12.7. The van der Waals surface area contributed by atoms with E-state index >= 15 is 0 Å². The number of nitrogens with one attached hydrogen (secondary N) is 2. The Labute approximate surface area is 158 Å². The fraction of sp³-hybridized carbons (Fsp3) is 0.556. The average Bonchev–Trinajstić information content (AvgIpc) is 3.24. The number of rotatable bonds is 5. The van der Waals surface area contributed by atoms with E-state index in [9.17, 15) is 0 Å². The highest BCUT2D eigenvalue weighted by Crippen LogP contribution is 2.24. The number of thiazole rings is 1. The van der Waals surface area contributed by atoms with E-state index in [4.69, 9.17) is 0 Å². The number of piperidine rings is 1. The van der Waals surface area contributed by atoms with Crippen LogP contribution in [0.5, 0.6) is 0 Å². The van der Waals surface area contributed by atoms with E-state index in [-0.39, 0.29) is 0 Å². The monoisotopic (exact) mass is 377 g/mol. The normalized spacial score (nSPS) is 16.3. The number of aromatic nitrogens is 1. The predicted molar refractivity (Wildman–Crippen MR) is 109 cm³/mol. The second kappa shape index (κ2) is 8.67. The van der Waals surface area contributed by atoms with Crippen molar-refractivity contribution in [3.05, 3.63) is 33.1 Å². The van der Waals surface area contributed by atoms with Gasteiger partial charge in [-0.2, -0.15) is 0 Å². The Morgan fingerprint density at radius 3 is 2.76 bits per heavy atom. The molecule has 0 amide bonds. The largest absolute Gasteiger partial charge is 0.363 e. The molecule has 2 N–H and O–H groups in total. The number of guanidine groups is 1. The smallest absolute Gasteiger partial charge is 0.191 e. The summed E-state index contributed by atoms with van der Waals surface area (Å²) in [5.41, 5.74) is 1.16. The van der Waals surface area contributed by atoms with Gasteiger partial charge in [-0.15, -0.1) is 22.7 Å². The maximum Gasteiger partial charge on any atom is 0.191 e. The van der Waals surface area contributed by atoms with E-state index in [0.29, 0.717) is 6.04 Å². The van der Waals surface area contributed by atoms with Crippen LogP contribution in [-0.2, 0) is 6.42 Å². The lowest BCUT2D eigenvalue weighted by Gasteiger charge is -2.33. The summed E-state index contributed by atoms with van der Waals surface area (Å²) in [5, 5.41) is 11.7. The van der Waals surface area contributed by atoms with Gasteiger partial charge in [-0.3, -0.25) is 4.99 Å². The Morgan fingerprint density at radius 2 is 2.16 bits per heavy atom. The van der Waals surface area contributed by atoms with Crippen LogP contribution in [0.3, 0.4) is 0 Å². The van der Waals surface area contributed by atoms with Crippen LogP contribution in [0.2, 0.25) is 0 Å². The van der Waals surface area contributed by atoms with Crippen molar-refractivity contribution in [1.82, 2.24) is 15.6 Å². The topological polar surface area (TPSA) is 52.6 Å². The van der Waals surface area contributed by atoms with Crippen molar-refractivity contribution in [3.63, 3.8) is 0 Å². The summed E-state index contributed by atoms with van der Waals surface area (Å²) in [6, 6.07) is 4.83. The number of aryl methyl sites for hydroxylation is 2. The molecule has 0 unspecified atom stereocenters. The molecule has 1 aliphatic heterocycles. The van der Waals surface area contributed by atoms with Gasteiger partial charge in [0.1, 0.15) is 0 Å². The van der Waals surface area contributed by atoms with Gasteiger partial charge < -0.3 is 15.5 Å². The molecule has 0 radical (unpaired) electrons. The summed E-state index contributed by atoms with van der Waals surface area (Å²) in [6.07, 6.45) is 3.28. The van der Waals surface area contributed by atoms with Crippen LogP contribution in [0.4, 0.5) is 5.00 Å². The predicted octanol–water partition coefficient (Wildman–Crippen LogP) is 3.20. The first-order valence-corrected chi connectivity index (χ1v) is 10.5. The van der Waals surface area contributed by atoms with Crippen LogP contribution >= 0.6 is 22.7 Å². The molecule has 0 aromatic carbocycles. The molecule has 1 fully saturated rings. The maximum absolute atomic E-state index is 4.49. The SMILES string of the molecule is CN=C(NCCc1sc(C)nc1C)NC1CCN(c2cccs2)CC1. The number of anilines is 1. The number of aliphatic imine (C=N–C) groups is 1. The van der Waals surface area contributed by atoms with Gasteiger partial charge >= 0.3 is 0 Å². The van der Waals surface area contributed by atoms with Crippen LogP contribution in [0.15, 0.2) is 22.5 Å². The van der Waals surface area contributed by atoms with Crippen LogP contribution in [-0.4, -0.2) is 43.7 Å². The summed E-state index contributed by atoms with van der Waals surface area (Å²) < 4.78 is 0. The Bertz CT molecular complexity index is 684. The van der Waals surface area contributed by atoms with E-state index < -0.39 is 0 Å². The zero-order valence-corrected chi connectivity index (χ0v) is 16.8. The molecule has 7 heteroatoms. The van der Waals surface area contributed by atoms with Gasteiger partial charge in [-0.1, -0.05) is 0 Å². The number of thiophene rings is 1. The third-order valence-electron chi connectivity index (χ3n) is 4.52. The highest BCUT2D eigenvalue weighted by Gasteiger charge is 2.20. The van der Waals surface area contributed by atoms with Gasteiger partial charge in [0.15, 0.2) is 5.96 Å². The Balaban J connectivity index is 1.41. The van der Waals surface area contributed by atoms with E-state index in [1.807, 2.05) is 18.4 Å². The van der Waals surface area contributed by atoms with E-state index in [1.165, 1.54) is 9.88 Å². The molecular weight excluding hydrogens is 350 g/mol. The van der Waals surface area contributed by atoms with Gasteiger partial charge in [0.25, 0.3) is 0 Å². The highest BCUT2D eigenvalue weighted by molar-refractivity contribution is 7.14. The lowest BCUT2D eigenvalue weighted by atomic mass is 10.1. The molecule has 2 aromatic heterocycles. The zero-order chi connectivity index (χ0) is 17.6. The third-order valence-corrected chi connectivity index (χ3v) is 6.58. The first-order valence-electron chi connectivity index (χ1n) is 8.84. The van der Waals surface area contributed by atoms with Gasteiger partial charge in [0.05, 0.1) is 15.7 Å². The number of nitrogens with zero attached hydrogens (tertiary/aromatic N) is 3. The van der Waals surface area contributed by atoms with Crippen molar-refractivity contribution in [2.24, 2.45) is 4.99 Å². The van der Waals surface area contributed by atoms with Crippen molar-refractivity contribution in [3.8, 4) is 0 Å². The Hall–Kier alpha value is -1.60. The highest BCUT2D eigenvalue weighted by atomic mass is 32.1. The minimum atomic E-state index is 0.495. The van der Waals surface area contributed by atoms with Crippen molar-refractivity contribution < 1.29 is 0 Å². The molecule has 5 nitrogen and oxygen atoms in total. The fourth-order valence-corrected chi connectivity index (χ4v) is 4.90. The minimum absolute atomic E-state index is 0.495. The van der Waals surface area contributed by atoms with Crippen LogP contribution < -0.4 is 15.5 Å². The Kier molecular flexibility index (Phi) is 6.31. The van der Waals surface area contributed by atoms with Crippen molar-refractivity contribution in [2.75, 3.05) is 31.6 Å². The van der Waals surface area contributed by atoms with Gasteiger partial charge in [-0.05, 0) is 44.2 Å². The molecular formula is C18H27N5S2. The summed E-state index contributed by atoms with van der Waals surface area (Å²) in [7, 11) is 1.85. The maximum atomic E-state index is 4.49. The number of hydrogen-bond donors (Lipinski definition) is 2. The molecule has 136 valence electrons. The standard InChI is InChI=1S/C18H27N5S2/c1-13-16(25-14(2)21-13)6-9-20-18(19-3)22-15-7-10-23(11-8-15)17-5-4-12-24-17/h4-5,12,15H,6-11H2,1-3H3,(H2,19,20,22). The lowest BCUT2D eigenvalue weighted by molar-refractivity contribution is 0.463. The van der Waals surface area contributed by atoms with Crippen LogP contribution in [0.1, 0.15) is 28.4 Å². The second-order valence-electron chi connectivity index (χ2n) is 6.35. The minimum Gasteiger partial charge on any atom is -0.363 e. The van der Waals surface area contributed by atoms with E-state index in [1.54, 1.807) is 11.3 Å². The van der Waals surface area contributed by atoms with Crippen molar-refractivity contribution in [2.45, 2.75) is 39.2 Å². The molecule has 1 aliphatic rings. The molecule has 0 saturated carbocycles. The first kappa shape index (κ1) is 18.2. The fourth-order valence-electron chi connectivity index (χ4n) is 3.18. The molecule has 0 spiro atoms. The Morgan fingerprint density at radius 1 is 1.36 bits per heavy atom.